The zero-order valence-electron chi connectivity index (χ0n) is 15.3. The summed E-state index contributed by atoms with van der Waals surface area (Å²) in [6.07, 6.45) is 1.19. The number of hydrogen-bond acceptors (Lipinski definition) is 7. The number of nitrogens with zero attached hydrogens (tertiary/aromatic N) is 6. The van der Waals surface area contributed by atoms with Crippen LogP contribution in [-0.4, -0.2) is 81.3 Å². The van der Waals surface area contributed by atoms with Crippen LogP contribution < -0.4 is 0 Å². The number of amides is 1. The van der Waals surface area contributed by atoms with Crippen LogP contribution in [0.5, 0.6) is 0 Å². The number of carbonyl (C=O) groups is 1. The fraction of sp³-hybridized carbons (Fsp3) is 0.600. The molecule has 0 atom stereocenters. The molecule has 0 unspecified atom stereocenters. The Morgan fingerprint density at radius 2 is 1.77 bits per heavy atom. The Morgan fingerprint density at radius 1 is 1.12 bits per heavy atom. The highest BCUT2D eigenvalue weighted by Gasteiger charge is 2.26. The summed E-state index contributed by atoms with van der Waals surface area (Å²) in [5.74, 6) is 0.702. The van der Waals surface area contributed by atoms with E-state index < -0.39 is 10.0 Å². The van der Waals surface area contributed by atoms with Gasteiger partial charge in [0.25, 0.3) is 5.78 Å². The van der Waals surface area contributed by atoms with Gasteiger partial charge in [-0.15, -0.1) is 5.10 Å². The Morgan fingerprint density at radius 3 is 2.38 bits per heavy atom. The maximum Gasteiger partial charge on any atom is 0.253 e. The van der Waals surface area contributed by atoms with E-state index in [2.05, 4.69) is 15.1 Å². The summed E-state index contributed by atoms with van der Waals surface area (Å²) in [6, 6.07) is 0. The average molecular weight is 399 g/mol. The van der Waals surface area contributed by atoms with E-state index in [0.717, 1.165) is 17.0 Å². The molecule has 3 rings (SSSR count). The van der Waals surface area contributed by atoms with Crippen molar-refractivity contribution >= 4 is 33.5 Å². The number of rotatable bonds is 4. The minimum atomic E-state index is -3.20. The lowest BCUT2D eigenvalue weighted by atomic mass is 10.2. The first-order chi connectivity index (χ1) is 12.2. The van der Waals surface area contributed by atoms with Crippen LogP contribution in [0.2, 0.25) is 0 Å². The smallest absolute Gasteiger partial charge is 0.253 e. The summed E-state index contributed by atoms with van der Waals surface area (Å²) in [6.45, 7) is 7.38. The van der Waals surface area contributed by atoms with E-state index in [9.17, 15) is 13.2 Å². The molecule has 9 nitrogen and oxygen atoms in total. The molecular formula is C15H22N6O3S2. The predicted octanol–water partition coefficient (Wildman–Crippen LogP) is 0.245. The molecule has 1 fully saturated rings. The van der Waals surface area contributed by atoms with Gasteiger partial charge >= 0.3 is 0 Å². The lowest BCUT2D eigenvalue weighted by Crippen LogP contribution is -2.50. The lowest BCUT2D eigenvalue weighted by molar-refractivity contribution is -0.129. The van der Waals surface area contributed by atoms with Crippen LogP contribution in [0.1, 0.15) is 17.0 Å². The number of carbonyl (C=O) groups excluding carboxylic acids is 1. The van der Waals surface area contributed by atoms with Crippen molar-refractivity contribution in [2.75, 3.05) is 38.2 Å². The Kier molecular flexibility index (Phi) is 5.22. The van der Waals surface area contributed by atoms with Crippen LogP contribution in [0.3, 0.4) is 0 Å². The van der Waals surface area contributed by atoms with Crippen molar-refractivity contribution in [1.29, 1.82) is 0 Å². The van der Waals surface area contributed by atoms with Crippen LogP contribution in [0.4, 0.5) is 0 Å². The Labute approximate surface area is 156 Å². The molecule has 1 amide bonds. The molecule has 26 heavy (non-hydrogen) atoms. The van der Waals surface area contributed by atoms with Crippen molar-refractivity contribution in [2.24, 2.45) is 0 Å². The molecule has 0 aromatic carbocycles. The first kappa shape index (κ1) is 19.1. The van der Waals surface area contributed by atoms with Crippen molar-refractivity contribution < 1.29 is 13.2 Å². The normalized spacial score (nSPS) is 16.4. The Bertz CT molecular complexity index is 948. The molecule has 11 heteroatoms. The minimum Gasteiger partial charge on any atom is -0.339 e. The number of fused-ring (bicyclic) bond motifs is 1. The van der Waals surface area contributed by atoms with Gasteiger partial charge in [-0.05, 0) is 26.3 Å². The molecular weight excluding hydrogens is 376 g/mol. The van der Waals surface area contributed by atoms with Gasteiger partial charge in [0.1, 0.15) is 0 Å². The third-order valence-electron chi connectivity index (χ3n) is 4.63. The molecule has 3 heterocycles. The molecule has 2 aromatic heterocycles. The van der Waals surface area contributed by atoms with Crippen molar-refractivity contribution in [2.45, 2.75) is 25.9 Å². The van der Waals surface area contributed by atoms with Gasteiger partial charge in [0.05, 0.1) is 12.0 Å². The van der Waals surface area contributed by atoms with E-state index in [0.29, 0.717) is 37.1 Å². The third kappa shape index (κ3) is 3.84. The van der Waals surface area contributed by atoms with Gasteiger partial charge < -0.3 is 4.90 Å². The number of aryl methyl sites for hydroxylation is 2. The molecule has 0 aliphatic carbocycles. The van der Waals surface area contributed by atoms with E-state index in [4.69, 9.17) is 0 Å². The second-order valence-electron chi connectivity index (χ2n) is 6.35. The third-order valence-corrected chi connectivity index (χ3v) is 6.75. The van der Waals surface area contributed by atoms with Gasteiger partial charge in [-0.25, -0.2) is 17.9 Å². The number of aromatic nitrogens is 4. The fourth-order valence-corrected chi connectivity index (χ4v) is 4.33. The van der Waals surface area contributed by atoms with Crippen LogP contribution in [-0.2, 0) is 14.8 Å². The summed E-state index contributed by atoms with van der Waals surface area (Å²) >= 11 is 1.27. The van der Waals surface area contributed by atoms with Crippen molar-refractivity contribution in [1.82, 2.24) is 28.8 Å². The van der Waals surface area contributed by atoms with Gasteiger partial charge in [0, 0.05) is 37.6 Å². The highest BCUT2D eigenvalue weighted by molar-refractivity contribution is 7.99. The Hall–Kier alpha value is -1.72. The standard InChI is InChI=1S/C15H22N6O3S2/c1-10-11(2)16-14-17-15(18-21(14)12(10)3)25-9-13(22)19-5-7-20(8-6-19)26(4,23)24/h5-9H2,1-4H3. The summed E-state index contributed by atoms with van der Waals surface area (Å²) in [5.41, 5.74) is 2.97. The maximum atomic E-state index is 12.4. The molecule has 1 aliphatic rings. The molecule has 0 radical (unpaired) electrons. The van der Waals surface area contributed by atoms with E-state index >= 15 is 0 Å². The largest absolute Gasteiger partial charge is 0.339 e. The molecule has 2 aromatic rings. The Balaban J connectivity index is 1.62. The molecule has 0 saturated carbocycles. The molecule has 1 aliphatic heterocycles. The van der Waals surface area contributed by atoms with Crippen LogP contribution in [0.15, 0.2) is 5.16 Å². The van der Waals surface area contributed by atoms with E-state index in [1.165, 1.54) is 22.3 Å². The van der Waals surface area contributed by atoms with Gasteiger partial charge in [-0.2, -0.15) is 9.29 Å². The van der Waals surface area contributed by atoms with E-state index in [-0.39, 0.29) is 11.7 Å². The highest BCUT2D eigenvalue weighted by atomic mass is 32.2. The molecule has 0 N–H and O–H groups in total. The zero-order valence-corrected chi connectivity index (χ0v) is 16.9. The van der Waals surface area contributed by atoms with E-state index in [1.54, 1.807) is 9.42 Å². The summed E-state index contributed by atoms with van der Waals surface area (Å²) in [5, 5.41) is 4.93. The molecule has 0 spiro atoms. The highest BCUT2D eigenvalue weighted by Crippen LogP contribution is 2.18. The van der Waals surface area contributed by atoms with Crippen molar-refractivity contribution in [3.05, 3.63) is 17.0 Å². The molecule has 0 bridgehead atoms. The number of hydrogen-bond donors (Lipinski definition) is 0. The average Bonchev–Trinajstić information content (AvgIpc) is 3.00. The fourth-order valence-electron chi connectivity index (χ4n) is 2.79. The number of piperazine rings is 1. The lowest BCUT2D eigenvalue weighted by Gasteiger charge is -2.33. The minimum absolute atomic E-state index is 0.0425. The first-order valence-electron chi connectivity index (χ1n) is 8.23. The first-order valence-corrected chi connectivity index (χ1v) is 11.1. The van der Waals surface area contributed by atoms with Crippen LogP contribution >= 0.6 is 11.8 Å². The van der Waals surface area contributed by atoms with Crippen LogP contribution in [0, 0.1) is 20.8 Å². The topological polar surface area (TPSA) is 101 Å². The molecule has 1 saturated heterocycles. The second-order valence-corrected chi connectivity index (χ2v) is 9.27. The van der Waals surface area contributed by atoms with Gasteiger partial charge in [0.15, 0.2) is 0 Å². The number of thioether (sulfide) groups is 1. The van der Waals surface area contributed by atoms with E-state index in [1.807, 2.05) is 20.8 Å². The van der Waals surface area contributed by atoms with Crippen LogP contribution in [0.25, 0.3) is 5.78 Å². The molecule has 142 valence electrons. The summed E-state index contributed by atoms with van der Waals surface area (Å²) in [7, 11) is -3.20. The monoisotopic (exact) mass is 398 g/mol. The van der Waals surface area contributed by atoms with Gasteiger partial charge in [-0.3, -0.25) is 4.79 Å². The van der Waals surface area contributed by atoms with Gasteiger partial charge in [-0.1, -0.05) is 11.8 Å². The maximum absolute atomic E-state index is 12.4. The quantitative estimate of drug-likeness (QED) is 0.680. The number of sulfonamides is 1. The predicted molar refractivity (Wildman–Crippen MR) is 98.7 cm³/mol. The summed E-state index contributed by atoms with van der Waals surface area (Å²) in [4.78, 5) is 22.9. The SMILES string of the molecule is Cc1nc2nc(SCC(=O)N3CCN(S(C)(=O)=O)CC3)nn2c(C)c1C. The zero-order chi connectivity index (χ0) is 19.1. The summed E-state index contributed by atoms with van der Waals surface area (Å²) < 4.78 is 26.1. The van der Waals surface area contributed by atoms with Gasteiger partial charge in [0.2, 0.25) is 21.1 Å². The van der Waals surface area contributed by atoms with Crippen molar-refractivity contribution in [3.63, 3.8) is 0 Å². The van der Waals surface area contributed by atoms with Crippen molar-refractivity contribution in [3.8, 4) is 0 Å². The second kappa shape index (κ2) is 7.12.